The molecular formula is C13H16N2. The Morgan fingerprint density at radius 2 is 2.00 bits per heavy atom. The minimum Gasteiger partial charge on any atom is -0.358 e. The Kier molecular flexibility index (Phi) is 1.71. The molecule has 1 aromatic heterocycles. The number of aromatic amines is 1. The van der Waals surface area contributed by atoms with Gasteiger partial charge in [0.05, 0.1) is 0 Å². The predicted octanol–water partition coefficient (Wildman–Crippen LogP) is 2.55. The molecule has 0 saturated carbocycles. The first-order chi connectivity index (χ1) is 7.18. The molecule has 2 nitrogen and oxygen atoms in total. The molecule has 0 spiro atoms. The van der Waals surface area contributed by atoms with Crippen molar-refractivity contribution in [1.82, 2.24) is 10.3 Å². The summed E-state index contributed by atoms with van der Waals surface area (Å²) >= 11 is 0. The van der Waals surface area contributed by atoms with E-state index in [-0.39, 0.29) is 5.41 Å². The Morgan fingerprint density at radius 1 is 1.20 bits per heavy atom. The van der Waals surface area contributed by atoms with Gasteiger partial charge in [-0.05, 0) is 11.6 Å². The van der Waals surface area contributed by atoms with Gasteiger partial charge in [0.1, 0.15) is 0 Å². The lowest BCUT2D eigenvalue weighted by molar-refractivity contribution is 0.427. The lowest BCUT2D eigenvalue weighted by atomic mass is 9.84. The van der Waals surface area contributed by atoms with Gasteiger partial charge in [0.25, 0.3) is 0 Å². The number of aromatic nitrogens is 1. The molecule has 3 rings (SSSR count). The van der Waals surface area contributed by atoms with Gasteiger partial charge < -0.3 is 10.3 Å². The molecule has 0 saturated heterocycles. The van der Waals surface area contributed by atoms with Gasteiger partial charge in [-0.2, -0.15) is 0 Å². The number of hydrogen-bond acceptors (Lipinski definition) is 1. The average Bonchev–Trinajstić information content (AvgIpc) is 2.58. The first-order valence-electron chi connectivity index (χ1n) is 5.49. The largest absolute Gasteiger partial charge is 0.358 e. The van der Waals surface area contributed by atoms with Crippen LogP contribution >= 0.6 is 0 Å². The number of para-hydroxylation sites is 1. The second-order valence-electron chi connectivity index (χ2n) is 5.01. The van der Waals surface area contributed by atoms with E-state index in [2.05, 4.69) is 48.4 Å². The van der Waals surface area contributed by atoms with E-state index in [1.165, 1.54) is 22.2 Å². The number of fused-ring (bicyclic) bond motifs is 3. The second-order valence-corrected chi connectivity index (χ2v) is 5.01. The highest BCUT2D eigenvalue weighted by Crippen LogP contribution is 2.33. The molecule has 15 heavy (non-hydrogen) atoms. The molecule has 2 heteroatoms. The first-order valence-corrected chi connectivity index (χ1v) is 5.49. The molecule has 0 unspecified atom stereocenters. The van der Waals surface area contributed by atoms with E-state index in [0.717, 1.165) is 13.1 Å². The van der Waals surface area contributed by atoms with Crippen LogP contribution < -0.4 is 5.32 Å². The van der Waals surface area contributed by atoms with Crippen molar-refractivity contribution < 1.29 is 0 Å². The standard InChI is InChI=1S/C13H16N2/c1-13(2)8-14-7-10-9-5-3-4-6-11(9)15-12(10)13/h3-6,14-15H,7-8H2,1-2H3. The molecule has 1 aliphatic heterocycles. The zero-order chi connectivity index (χ0) is 10.5. The van der Waals surface area contributed by atoms with Crippen molar-refractivity contribution in [3.8, 4) is 0 Å². The maximum atomic E-state index is 3.57. The third-order valence-electron chi connectivity index (χ3n) is 3.36. The number of rotatable bonds is 0. The molecule has 0 atom stereocenters. The topological polar surface area (TPSA) is 27.8 Å². The summed E-state index contributed by atoms with van der Waals surface area (Å²) in [6.07, 6.45) is 0. The number of benzene rings is 1. The monoisotopic (exact) mass is 200 g/mol. The van der Waals surface area contributed by atoms with Gasteiger partial charge in [-0.25, -0.2) is 0 Å². The van der Waals surface area contributed by atoms with Crippen molar-refractivity contribution in [3.05, 3.63) is 35.5 Å². The van der Waals surface area contributed by atoms with Gasteiger partial charge in [0.15, 0.2) is 0 Å². The van der Waals surface area contributed by atoms with E-state index in [0.29, 0.717) is 0 Å². The number of H-pyrrole nitrogens is 1. The van der Waals surface area contributed by atoms with Crippen LogP contribution in [0.1, 0.15) is 25.1 Å². The van der Waals surface area contributed by atoms with Gasteiger partial charge >= 0.3 is 0 Å². The zero-order valence-electron chi connectivity index (χ0n) is 9.22. The van der Waals surface area contributed by atoms with E-state index in [9.17, 15) is 0 Å². The minimum absolute atomic E-state index is 0.215. The van der Waals surface area contributed by atoms with E-state index < -0.39 is 0 Å². The lowest BCUT2D eigenvalue weighted by Crippen LogP contribution is -2.38. The summed E-state index contributed by atoms with van der Waals surface area (Å²) in [6, 6.07) is 8.56. The normalized spacial score (nSPS) is 19.1. The van der Waals surface area contributed by atoms with Crippen LogP contribution in [-0.2, 0) is 12.0 Å². The van der Waals surface area contributed by atoms with Crippen molar-refractivity contribution >= 4 is 10.9 Å². The number of hydrogen-bond donors (Lipinski definition) is 2. The Hall–Kier alpha value is -1.28. The maximum absolute atomic E-state index is 3.57. The summed E-state index contributed by atoms with van der Waals surface area (Å²) in [5.74, 6) is 0. The van der Waals surface area contributed by atoms with Crippen molar-refractivity contribution in [2.75, 3.05) is 6.54 Å². The zero-order valence-corrected chi connectivity index (χ0v) is 9.22. The van der Waals surface area contributed by atoms with E-state index in [1.807, 2.05) is 0 Å². The highest BCUT2D eigenvalue weighted by molar-refractivity contribution is 5.85. The van der Waals surface area contributed by atoms with Gasteiger partial charge in [0.2, 0.25) is 0 Å². The molecule has 0 amide bonds. The Labute approximate surface area is 89.7 Å². The summed E-state index contributed by atoms with van der Waals surface area (Å²) in [4.78, 5) is 3.57. The SMILES string of the molecule is CC1(C)CNCc2c1[nH]c1ccccc21. The predicted molar refractivity (Wildman–Crippen MR) is 63.0 cm³/mol. The first kappa shape index (κ1) is 8.98. The van der Waals surface area contributed by atoms with Crippen LogP contribution in [0.3, 0.4) is 0 Å². The highest BCUT2D eigenvalue weighted by Gasteiger charge is 2.29. The van der Waals surface area contributed by atoms with E-state index in [4.69, 9.17) is 0 Å². The fourth-order valence-electron chi connectivity index (χ4n) is 2.55. The van der Waals surface area contributed by atoms with Crippen molar-refractivity contribution in [3.63, 3.8) is 0 Å². The Balaban J connectivity index is 2.34. The third kappa shape index (κ3) is 1.21. The molecule has 1 aromatic carbocycles. The molecule has 0 bridgehead atoms. The van der Waals surface area contributed by atoms with Crippen LogP contribution in [0.2, 0.25) is 0 Å². The summed E-state index contributed by atoms with van der Waals surface area (Å²) in [7, 11) is 0. The van der Waals surface area contributed by atoms with Gasteiger partial charge in [0, 0.05) is 35.1 Å². The maximum Gasteiger partial charge on any atom is 0.0459 e. The molecule has 1 aliphatic rings. The van der Waals surface area contributed by atoms with Gasteiger partial charge in [-0.15, -0.1) is 0 Å². The highest BCUT2D eigenvalue weighted by atomic mass is 14.9. The molecule has 2 heterocycles. The van der Waals surface area contributed by atoms with Crippen molar-refractivity contribution in [1.29, 1.82) is 0 Å². The molecule has 0 radical (unpaired) electrons. The molecular weight excluding hydrogens is 184 g/mol. The molecule has 2 N–H and O–H groups in total. The van der Waals surface area contributed by atoms with Gasteiger partial charge in [-0.1, -0.05) is 32.0 Å². The fraction of sp³-hybridized carbons (Fsp3) is 0.385. The van der Waals surface area contributed by atoms with Crippen molar-refractivity contribution in [2.24, 2.45) is 0 Å². The Morgan fingerprint density at radius 3 is 2.87 bits per heavy atom. The minimum atomic E-state index is 0.215. The summed E-state index contributed by atoms with van der Waals surface area (Å²) in [5.41, 5.74) is 4.33. The summed E-state index contributed by atoms with van der Waals surface area (Å²) < 4.78 is 0. The van der Waals surface area contributed by atoms with Crippen LogP contribution in [0.5, 0.6) is 0 Å². The molecule has 2 aromatic rings. The van der Waals surface area contributed by atoms with Crippen LogP contribution in [0, 0.1) is 0 Å². The second kappa shape index (κ2) is 2.86. The summed E-state index contributed by atoms with van der Waals surface area (Å²) in [5, 5.41) is 4.86. The summed E-state index contributed by atoms with van der Waals surface area (Å²) in [6.45, 7) is 6.61. The van der Waals surface area contributed by atoms with E-state index in [1.54, 1.807) is 0 Å². The number of nitrogens with one attached hydrogen (secondary N) is 2. The molecule has 78 valence electrons. The van der Waals surface area contributed by atoms with Crippen LogP contribution in [-0.4, -0.2) is 11.5 Å². The van der Waals surface area contributed by atoms with Gasteiger partial charge in [-0.3, -0.25) is 0 Å². The van der Waals surface area contributed by atoms with E-state index >= 15 is 0 Å². The smallest absolute Gasteiger partial charge is 0.0459 e. The molecule has 0 aliphatic carbocycles. The van der Waals surface area contributed by atoms with Crippen LogP contribution in [0.15, 0.2) is 24.3 Å². The third-order valence-corrected chi connectivity index (χ3v) is 3.36. The molecule has 0 fully saturated rings. The van der Waals surface area contributed by atoms with Crippen molar-refractivity contribution in [2.45, 2.75) is 25.8 Å². The van der Waals surface area contributed by atoms with Crippen LogP contribution in [0.25, 0.3) is 10.9 Å². The average molecular weight is 200 g/mol. The fourth-order valence-corrected chi connectivity index (χ4v) is 2.55. The quantitative estimate of drug-likeness (QED) is 0.672. The van der Waals surface area contributed by atoms with Crippen LogP contribution in [0.4, 0.5) is 0 Å². The lowest BCUT2D eigenvalue weighted by Gasteiger charge is -2.30. The Bertz CT molecular complexity index is 508.